The topological polar surface area (TPSA) is 64.3 Å². The minimum Gasteiger partial charge on any atom is -0.481 e. The van der Waals surface area contributed by atoms with Crippen molar-refractivity contribution in [1.82, 2.24) is 4.90 Å². The molecule has 1 saturated heterocycles. The molecular weight excluding hydrogens is 180 g/mol. The number of carbonyl (C=O) groups is 1. The van der Waals surface area contributed by atoms with Crippen LogP contribution in [0.5, 0.6) is 0 Å². The Bertz CT molecular complexity index is 259. The van der Waals surface area contributed by atoms with Crippen LogP contribution in [0, 0.1) is 17.2 Å². The first kappa shape index (κ1) is 11.0. The summed E-state index contributed by atoms with van der Waals surface area (Å²) in [5.74, 6) is -1.05. The van der Waals surface area contributed by atoms with E-state index < -0.39 is 5.97 Å². The average molecular weight is 196 g/mol. The molecule has 0 radical (unpaired) electrons. The van der Waals surface area contributed by atoms with Crippen LogP contribution in [0.2, 0.25) is 0 Å². The largest absolute Gasteiger partial charge is 0.481 e. The number of hydrogen-bond donors (Lipinski definition) is 1. The Balaban J connectivity index is 2.68. The number of nitrogens with zero attached hydrogens (tertiary/aromatic N) is 2. The molecule has 4 heteroatoms. The van der Waals surface area contributed by atoms with Gasteiger partial charge in [0.05, 0.1) is 18.0 Å². The fourth-order valence-corrected chi connectivity index (χ4v) is 2.13. The second-order valence-corrected chi connectivity index (χ2v) is 3.76. The maximum atomic E-state index is 10.8. The zero-order chi connectivity index (χ0) is 10.7. The molecule has 0 aliphatic carbocycles. The van der Waals surface area contributed by atoms with Crippen LogP contribution in [0.4, 0.5) is 0 Å². The van der Waals surface area contributed by atoms with Crippen LogP contribution in [0.15, 0.2) is 0 Å². The van der Waals surface area contributed by atoms with Crippen LogP contribution in [0.25, 0.3) is 0 Å². The van der Waals surface area contributed by atoms with Crippen molar-refractivity contribution in [3.05, 3.63) is 0 Å². The molecule has 0 bridgehead atoms. The molecule has 14 heavy (non-hydrogen) atoms. The summed E-state index contributed by atoms with van der Waals surface area (Å²) in [5.41, 5.74) is 0. The third-order valence-corrected chi connectivity index (χ3v) is 3.06. The second-order valence-electron chi connectivity index (χ2n) is 3.76. The molecule has 0 aromatic heterocycles. The third-order valence-electron chi connectivity index (χ3n) is 3.06. The molecule has 0 aromatic rings. The number of carboxylic acid groups (broad SMARTS) is 1. The van der Waals surface area contributed by atoms with Crippen molar-refractivity contribution in [2.75, 3.05) is 6.54 Å². The van der Waals surface area contributed by atoms with E-state index in [2.05, 4.69) is 6.07 Å². The van der Waals surface area contributed by atoms with Gasteiger partial charge in [0.25, 0.3) is 0 Å². The maximum absolute atomic E-state index is 10.8. The van der Waals surface area contributed by atoms with E-state index in [1.54, 1.807) is 0 Å². The molecule has 1 rings (SSSR count). The van der Waals surface area contributed by atoms with Crippen LogP contribution in [0.1, 0.15) is 26.7 Å². The number of aliphatic carboxylic acids is 1. The first-order chi connectivity index (χ1) is 6.61. The highest BCUT2D eigenvalue weighted by Crippen LogP contribution is 2.26. The van der Waals surface area contributed by atoms with Gasteiger partial charge in [0.15, 0.2) is 0 Å². The molecule has 0 spiro atoms. The van der Waals surface area contributed by atoms with Crippen LogP contribution in [0.3, 0.4) is 0 Å². The number of carboxylic acids is 1. The standard InChI is InChI=1S/C10H16N2O2/c1-3-8(6-11)12-5-4-9(7(12)2)10(13)14/h7-9H,3-5H2,1-2H3,(H,13,14). The number of rotatable bonds is 3. The second kappa shape index (κ2) is 4.43. The van der Waals surface area contributed by atoms with Gasteiger partial charge >= 0.3 is 5.97 Å². The molecule has 0 saturated carbocycles. The lowest BCUT2D eigenvalue weighted by molar-refractivity contribution is -0.142. The Morgan fingerprint density at radius 3 is 2.79 bits per heavy atom. The van der Waals surface area contributed by atoms with Gasteiger partial charge < -0.3 is 5.11 Å². The first-order valence-corrected chi connectivity index (χ1v) is 5.00. The van der Waals surface area contributed by atoms with Gasteiger partial charge in [-0.25, -0.2) is 0 Å². The van der Waals surface area contributed by atoms with Crippen molar-refractivity contribution < 1.29 is 9.90 Å². The first-order valence-electron chi connectivity index (χ1n) is 5.00. The Labute approximate surface area is 84.1 Å². The van der Waals surface area contributed by atoms with E-state index in [1.807, 2.05) is 18.7 Å². The highest BCUT2D eigenvalue weighted by molar-refractivity contribution is 5.71. The average Bonchev–Trinajstić information content (AvgIpc) is 2.51. The van der Waals surface area contributed by atoms with Gasteiger partial charge in [-0.3, -0.25) is 9.69 Å². The van der Waals surface area contributed by atoms with Crippen molar-refractivity contribution in [2.45, 2.75) is 38.8 Å². The fraction of sp³-hybridized carbons (Fsp3) is 0.800. The minimum absolute atomic E-state index is 0.0166. The smallest absolute Gasteiger partial charge is 0.308 e. The van der Waals surface area contributed by atoms with Gasteiger partial charge in [-0.15, -0.1) is 0 Å². The fourth-order valence-electron chi connectivity index (χ4n) is 2.13. The van der Waals surface area contributed by atoms with Gasteiger partial charge in [-0.2, -0.15) is 5.26 Å². The van der Waals surface area contributed by atoms with Crippen molar-refractivity contribution in [1.29, 1.82) is 5.26 Å². The highest BCUT2D eigenvalue weighted by Gasteiger charge is 2.38. The summed E-state index contributed by atoms with van der Waals surface area (Å²) < 4.78 is 0. The van der Waals surface area contributed by atoms with E-state index in [9.17, 15) is 4.79 Å². The molecule has 3 atom stereocenters. The van der Waals surface area contributed by atoms with Crippen molar-refractivity contribution >= 4 is 5.97 Å². The van der Waals surface area contributed by atoms with E-state index in [0.717, 1.165) is 13.0 Å². The summed E-state index contributed by atoms with van der Waals surface area (Å²) in [4.78, 5) is 12.8. The van der Waals surface area contributed by atoms with E-state index in [4.69, 9.17) is 10.4 Å². The number of likely N-dealkylation sites (tertiary alicyclic amines) is 1. The van der Waals surface area contributed by atoms with Crippen LogP contribution in [-0.2, 0) is 4.79 Å². The van der Waals surface area contributed by atoms with E-state index >= 15 is 0 Å². The van der Waals surface area contributed by atoms with Gasteiger partial charge in [-0.05, 0) is 19.8 Å². The molecule has 78 valence electrons. The summed E-state index contributed by atoms with van der Waals surface area (Å²) in [6, 6.07) is 2.07. The van der Waals surface area contributed by atoms with Crippen molar-refractivity contribution in [3.8, 4) is 6.07 Å². The summed E-state index contributed by atoms with van der Waals surface area (Å²) in [6.07, 6.45) is 1.42. The summed E-state index contributed by atoms with van der Waals surface area (Å²) >= 11 is 0. The lowest BCUT2D eigenvalue weighted by Crippen LogP contribution is -2.39. The molecule has 1 aliphatic heterocycles. The Hall–Kier alpha value is -1.08. The zero-order valence-corrected chi connectivity index (χ0v) is 8.60. The maximum Gasteiger partial charge on any atom is 0.308 e. The van der Waals surface area contributed by atoms with Crippen molar-refractivity contribution in [2.24, 2.45) is 5.92 Å². The molecule has 1 fully saturated rings. The van der Waals surface area contributed by atoms with Gasteiger partial charge in [-0.1, -0.05) is 6.92 Å². The van der Waals surface area contributed by atoms with Crippen LogP contribution >= 0.6 is 0 Å². The SMILES string of the molecule is CCC(C#N)N1CCC(C(=O)O)C1C. The molecule has 4 nitrogen and oxygen atoms in total. The predicted molar refractivity (Wildman–Crippen MR) is 51.6 cm³/mol. The normalized spacial score (nSPS) is 29.8. The number of nitriles is 1. The van der Waals surface area contributed by atoms with Crippen LogP contribution < -0.4 is 0 Å². The quantitative estimate of drug-likeness (QED) is 0.733. The third kappa shape index (κ3) is 1.88. The lowest BCUT2D eigenvalue weighted by Gasteiger charge is -2.26. The number of hydrogen-bond acceptors (Lipinski definition) is 3. The molecule has 1 aliphatic rings. The summed E-state index contributed by atoms with van der Waals surface area (Å²) in [5, 5.41) is 17.8. The Kier molecular flexibility index (Phi) is 3.48. The van der Waals surface area contributed by atoms with Gasteiger partial charge in [0.2, 0.25) is 0 Å². The molecule has 3 unspecified atom stereocenters. The van der Waals surface area contributed by atoms with Gasteiger partial charge in [0.1, 0.15) is 0 Å². The molecule has 0 aromatic carbocycles. The highest BCUT2D eigenvalue weighted by atomic mass is 16.4. The Morgan fingerprint density at radius 1 is 1.79 bits per heavy atom. The van der Waals surface area contributed by atoms with Crippen LogP contribution in [-0.4, -0.2) is 34.6 Å². The van der Waals surface area contributed by atoms with Gasteiger partial charge in [0, 0.05) is 12.6 Å². The van der Waals surface area contributed by atoms with Crippen molar-refractivity contribution in [3.63, 3.8) is 0 Å². The lowest BCUT2D eigenvalue weighted by atomic mass is 10.0. The molecule has 1 N–H and O–H groups in total. The Morgan fingerprint density at radius 2 is 2.43 bits per heavy atom. The van der Waals surface area contributed by atoms with E-state index in [0.29, 0.717) is 6.42 Å². The van der Waals surface area contributed by atoms with E-state index in [-0.39, 0.29) is 18.0 Å². The molecule has 1 heterocycles. The predicted octanol–water partition coefficient (Wildman–Crippen LogP) is 1.08. The summed E-state index contributed by atoms with van der Waals surface area (Å²) in [7, 11) is 0. The zero-order valence-electron chi connectivity index (χ0n) is 8.60. The molecular formula is C10H16N2O2. The minimum atomic E-state index is -0.743. The monoisotopic (exact) mass is 196 g/mol. The molecule has 0 amide bonds. The van der Waals surface area contributed by atoms with E-state index in [1.165, 1.54) is 0 Å². The summed E-state index contributed by atoms with van der Waals surface area (Å²) in [6.45, 7) is 4.57.